The second-order valence-electron chi connectivity index (χ2n) is 3.82. The number of methoxy groups -OCH3 is 1. The number of fused-ring (bicyclic) bond motifs is 1. The van der Waals surface area contributed by atoms with Gasteiger partial charge in [0.1, 0.15) is 0 Å². The van der Waals surface area contributed by atoms with Gasteiger partial charge >= 0.3 is 0 Å². The fourth-order valence-electron chi connectivity index (χ4n) is 1.86. The zero-order chi connectivity index (χ0) is 10.8. The summed E-state index contributed by atoms with van der Waals surface area (Å²) in [7, 11) is 3.73. The van der Waals surface area contributed by atoms with Gasteiger partial charge in [-0.3, -0.25) is 0 Å². The molecule has 1 aromatic rings. The Balaban J connectivity index is 2.41. The van der Waals surface area contributed by atoms with E-state index in [-0.39, 0.29) is 0 Å². The van der Waals surface area contributed by atoms with Crippen LogP contribution < -0.4 is 10.5 Å². The second kappa shape index (κ2) is 4.02. The van der Waals surface area contributed by atoms with E-state index in [0.29, 0.717) is 11.8 Å². The number of ether oxygens (including phenoxy) is 1. The molecule has 0 aliphatic carbocycles. The quantitative estimate of drug-likeness (QED) is 0.709. The maximum atomic E-state index is 5.63. The Hall–Kier alpha value is -1.36. The molecule has 5 heteroatoms. The minimum absolute atomic E-state index is 0.301. The first-order valence-corrected chi connectivity index (χ1v) is 5.08. The summed E-state index contributed by atoms with van der Waals surface area (Å²) in [6.45, 7) is 2.02. The van der Waals surface area contributed by atoms with Gasteiger partial charge in [0.15, 0.2) is 0 Å². The zero-order valence-electron chi connectivity index (χ0n) is 9.16. The summed E-state index contributed by atoms with van der Waals surface area (Å²) < 4.78 is 5.23. The summed E-state index contributed by atoms with van der Waals surface area (Å²) in [5, 5.41) is 0. The first-order valence-electron chi connectivity index (χ1n) is 5.08. The van der Waals surface area contributed by atoms with Gasteiger partial charge in [-0.05, 0) is 13.5 Å². The fraction of sp³-hybridized carbons (Fsp3) is 0.600. The molecular weight excluding hydrogens is 192 g/mol. The highest BCUT2D eigenvalue weighted by molar-refractivity contribution is 5.37. The largest absolute Gasteiger partial charge is 0.481 e. The molecule has 0 saturated heterocycles. The van der Waals surface area contributed by atoms with Gasteiger partial charge in [-0.25, -0.2) is 4.98 Å². The van der Waals surface area contributed by atoms with Crippen LogP contribution in [0.4, 0.5) is 5.95 Å². The molecule has 82 valence electrons. The Morgan fingerprint density at radius 1 is 1.27 bits per heavy atom. The standard InChI is InChI=1S/C10H16N4O/c1-14-5-3-7-8(4-6-14)12-10(11)13-9(7)15-2/h3-6H2,1-2H3,(H2,11,12,13). The van der Waals surface area contributed by atoms with Crippen LogP contribution in [0.25, 0.3) is 0 Å². The monoisotopic (exact) mass is 208 g/mol. The molecule has 2 heterocycles. The number of hydrogen-bond donors (Lipinski definition) is 1. The summed E-state index contributed by atoms with van der Waals surface area (Å²) >= 11 is 0. The topological polar surface area (TPSA) is 64.3 Å². The van der Waals surface area contributed by atoms with E-state index < -0.39 is 0 Å². The van der Waals surface area contributed by atoms with E-state index in [1.54, 1.807) is 7.11 Å². The molecule has 0 bridgehead atoms. The van der Waals surface area contributed by atoms with Crippen molar-refractivity contribution in [2.24, 2.45) is 0 Å². The summed E-state index contributed by atoms with van der Waals surface area (Å²) in [4.78, 5) is 10.6. The Bertz CT molecular complexity index is 367. The predicted molar refractivity (Wildman–Crippen MR) is 57.9 cm³/mol. The molecule has 0 unspecified atom stereocenters. The minimum atomic E-state index is 0.301. The molecule has 1 aliphatic heterocycles. The molecule has 0 amide bonds. The van der Waals surface area contributed by atoms with E-state index in [1.807, 2.05) is 0 Å². The van der Waals surface area contributed by atoms with E-state index in [4.69, 9.17) is 10.5 Å². The minimum Gasteiger partial charge on any atom is -0.481 e. The lowest BCUT2D eigenvalue weighted by Crippen LogP contribution is -2.20. The van der Waals surface area contributed by atoms with Crippen LogP contribution in [0.5, 0.6) is 5.88 Å². The third-order valence-corrected chi connectivity index (χ3v) is 2.74. The molecule has 1 aliphatic rings. The average molecular weight is 208 g/mol. The van der Waals surface area contributed by atoms with Crippen LogP contribution in [-0.2, 0) is 12.8 Å². The third kappa shape index (κ3) is 2.02. The molecule has 5 nitrogen and oxygen atoms in total. The number of anilines is 1. The molecule has 15 heavy (non-hydrogen) atoms. The molecule has 0 spiro atoms. The first kappa shape index (κ1) is 10.2. The number of likely N-dealkylation sites (N-methyl/N-ethyl adjacent to an activating group) is 1. The van der Waals surface area contributed by atoms with Crippen LogP contribution in [0, 0.1) is 0 Å². The predicted octanol–water partition coefficient (Wildman–Crippen LogP) is 0.0978. The zero-order valence-corrected chi connectivity index (χ0v) is 9.16. The number of rotatable bonds is 1. The molecule has 0 aromatic carbocycles. The highest BCUT2D eigenvalue weighted by Gasteiger charge is 2.18. The first-order chi connectivity index (χ1) is 7.20. The number of hydrogen-bond acceptors (Lipinski definition) is 5. The van der Waals surface area contributed by atoms with Crippen LogP contribution in [0.1, 0.15) is 11.3 Å². The summed E-state index contributed by atoms with van der Waals surface area (Å²) in [6, 6.07) is 0. The second-order valence-corrected chi connectivity index (χ2v) is 3.82. The van der Waals surface area contributed by atoms with Gasteiger partial charge in [-0.2, -0.15) is 4.98 Å². The maximum Gasteiger partial charge on any atom is 0.223 e. The summed E-state index contributed by atoms with van der Waals surface area (Å²) in [6.07, 6.45) is 1.84. The molecule has 0 saturated carbocycles. The molecular formula is C10H16N4O. The smallest absolute Gasteiger partial charge is 0.223 e. The normalized spacial score (nSPS) is 16.9. The summed E-state index contributed by atoms with van der Waals surface area (Å²) in [5.41, 5.74) is 7.77. The molecule has 0 radical (unpaired) electrons. The number of nitrogens with zero attached hydrogens (tertiary/aromatic N) is 3. The highest BCUT2D eigenvalue weighted by Crippen LogP contribution is 2.23. The van der Waals surface area contributed by atoms with Gasteiger partial charge in [-0.15, -0.1) is 0 Å². The Kier molecular flexibility index (Phi) is 2.73. The SMILES string of the molecule is COc1nc(N)nc2c1CCN(C)CC2. The Labute approximate surface area is 89.3 Å². The Morgan fingerprint density at radius 2 is 2.00 bits per heavy atom. The number of nitrogens with two attached hydrogens (primary N) is 1. The van der Waals surface area contributed by atoms with Gasteiger partial charge in [0.25, 0.3) is 0 Å². The molecule has 1 aromatic heterocycles. The Morgan fingerprint density at radius 3 is 2.73 bits per heavy atom. The average Bonchev–Trinajstić information content (AvgIpc) is 2.40. The van der Waals surface area contributed by atoms with Gasteiger partial charge in [0.2, 0.25) is 11.8 Å². The lowest BCUT2D eigenvalue weighted by atomic mass is 10.1. The molecule has 0 fully saturated rings. The van der Waals surface area contributed by atoms with Gasteiger partial charge in [0.05, 0.1) is 12.8 Å². The molecule has 2 rings (SSSR count). The highest BCUT2D eigenvalue weighted by atomic mass is 16.5. The number of aromatic nitrogens is 2. The van der Waals surface area contributed by atoms with Crippen molar-refractivity contribution in [3.8, 4) is 5.88 Å². The van der Waals surface area contributed by atoms with Crippen molar-refractivity contribution in [1.82, 2.24) is 14.9 Å². The number of nitrogen functional groups attached to an aromatic ring is 1. The van der Waals surface area contributed by atoms with Crippen molar-refractivity contribution < 1.29 is 4.74 Å². The van der Waals surface area contributed by atoms with E-state index in [9.17, 15) is 0 Å². The summed E-state index contributed by atoms with van der Waals surface area (Å²) in [5.74, 6) is 0.933. The van der Waals surface area contributed by atoms with E-state index in [0.717, 1.165) is 37.2 Å². The van der Waals surface area contributed by atoms with Crippen LogP contribution in [0.3, 0.4) is 0 Å². The van der Waals surface area contributed by atoms with E-state index >= 15 is 0 Å². The fourth-order valence-corrected chi connectivity index (χ4v) is 1.86. The van der Waals surface area contributed by atoms with Crippen molar-refractivity contribution in [3.63, 3.8) is 0 Å². The molecule has 0 atom stereocenters. The van der Waals surface area contributed by atoms with Crippen molar-refractivity contribution in [1.29, 1.82) is 0 Å². The van der Waals surface area contributed by atoms with Crippen molar-refractivity contribution in [2.75, 3.05) is 33.0 Å². The maximum absolute atomic E-state index is 5.63. The third-order valence-electron chi connectivity index (χ3n) is 2.74. The van der Waals surface area contributed by atoms with Crippen LogP contribution in [-0.4, -0.2) is 42.1 Å². The van der Waals surface area contributed by atoms with Gasteiger partial charge in [0, 0.05) is 25.1 Å². The lowest BCUT2D eigenvalue weighted by Gasteiger charge is -2.11. The van der Waals surface area contributed by atoms with E-state index in [2.05, 4.69) is 21.9 Å². The van der Waals surface area contributed by atoms with Crippen LogP contribution in [0.2, 0.25) is 0 Å². The van der Waals surface area contributed by atoms with Crippen molar-refractivity contribution in [3.05, 3.63) is 11.3 Å². The van der Waals surface area contributed by atoms with Gasteiger partial charge < -0.3 is 15.4 Å². The van der Waals surface area contributed by atoms with Gasteiger partial charge in [-0.1, -0.05) is 0 Å². The lowest BCUT2D eigenvalue weighted by molar-refractivity contribution is 0.349. The molecule has 2 N–H and O–H groups in total. The van der Waals surface area contributed by atoms with Crippen molar-refractivity contribution >= 4 is 5.95 Å². The van der Waals surface area contributed by atoms with Crippen molar-refractivity contribution in [2.45, 2.75) is 12.8 Å². The van der Waals surface area contributed by atoms with Crippen LogP contribution in [0.15, 0.2) is 0 Å². The van der Waals surface area contributed by atoms with E-state index in [1.165, 1.54) is 0 Å². The van der Waals surface area contributed by atoms with Crippen LogP contribution >= 0.6 is 0 Å².